The fraction of sp³-hybridized carbons (Fsp3) is 0.323. The van der Waals surface area contributed by atoms with Crippen molar-refractivity contribution in [1.29, 1.82) is 0 Å². The van der Waals surface area contributed by atoms with Gasteiger partial charge < -0.3 is 33.5 Å². The first-order chi connectivity index (χ1) is 19.8. The van der Waals surface area contributed by atoms with Gasteiger partial charge in [0.05, 0.1) is 56.1 Å². The van der Waals surface area contributed by atoms with Gasteiger partial charge in [-0.15, -0.1) is 0 Å². The Labute approximate surface area is 243 Å². The largest absolute Gasteiger partial charge is 0.496 e. The standard InChI is InChI=1S/C31H36N2O7S/c1-32-13-15-33(16-14-32)24-9-7-23(8-10-24)31(34)40-30-18-22(6-11-27(30)37-3)21-41(35)17-12-26-28(38-4)19-25(36-2)20-29(26)39-5/h6-12,17-20H,13-16,21H2,1-5H3. The van der Waals surface area contributed by atoms with Crippen LogP contribution in [0.2, 0.25) is 0 Å². The zero-order valence-corrected chi connectivity index (χ0v) is 24.9. The summed E-state index contributed by atoms with van der Waals surface area (Å²) in [7, 11) is 6.89. The highest BCUT2D eigenvalue weighted by Gasteiger charge is 2.17. The molecule has 1 aliphatic heterocycles. The van der Waals surface area contributed by atoms with Crippen molar-refractivity contribution in [2.24, 2.45) is 0 Å². The molecule has 4 rings (SSSR count). The number of hydrogen-bond donors (Lipinski definition) is 0. The van der Waals surface area contributed by atoms with E-state index in [0.29, 0.717) is 34.1 Å². The Morgan fingerprint density at radius 2 is 1.44 bits per heavy atom. The summed E-state index contributed by atoms with van der Waals surface area (Å²) in [4.78, 5) is 17.6. The Bertz CT molecular complexity index is 1380. The maximum absolute atomic E-state index is 13.0. The summed E-state index contributed by atoms with van der Waals surface area (Å²) in [6, 6.07) is 16.1. The Morgan fingerprint density at radius 1 is 0.805 bits per heavy atom. The van der Waals surface area contributed by atoms with Crippen molar-refractivity contribution < 1.29 is 32.7 Å². The topological polar surface area (TPSA) is 86.8 Å². The molecule has 0 spiro atoms. The lowest BCUT2D eigenvalue weighted by Crippen LogP contribution is -2.44. The molecule has 0 aromatic heterocycles. The summed E-state index contributed by atoms with van der Waals surface area (Å²) < 4.78 is 40.3. The quantitative estimate of drug-likeness (QED) is 0.238. The van der Waals surface area contributed by atoms with Crippen LogP contribution >= 0.6 is 0 Å². The molecule has 1 heterocycles. The number of nitrogens with zero attached hydrogens (tertiary/aromatic N) is 2. The fourth-order valence-electron chi connectivity index (χ4n) is 4.48. The zero-order chi connectivity index (χ0) is 29.4. The van der Waals surface area contributed by atoms with Crippen LogP contribution < -0.4 is 28.6 Å². The van der Waals surface area contributed by atoms with Gasteiger partial charge in [-0.1, -0.05) is 6.07 Å². The highest BCUT2D eigenvalue weighted by Crippen LogP contribution is 2.35. The van der Waals surface area contributed by atoms with Crippen LogP contribution in [-0.4, -0.2) is 76.7 Å². The first-order valence-electron chi connectivity index (χ1n) is 13.1. The zero-order valence-electron chi connectivity index (χ0n) is 24.0. The number of anilines is 1. The van der Waals surface area contributed by atoms with Gasteiger partial charge in [0, 0.05) is 49.4 Å². The molecule has 1 fully saturated rings. The second-order valence-corrected chi connectivity index (χ2v) is 10.8. The van der Waals surface area contributed by atoms with E-state index < -0.39 is 16.8 Å². The van der Waals surface area contributed by atoms with E-state index >= 15 is 0 Å². The second kappa shape index (κ2) is 14.0. The van der Waals surface area contributed by atoms with E-state index in [0.717, 1.165) is 37.4 Å². The molecule has 3 aromatic carbocycles. The third-order valence-corrected chi connectivity index (χ3v) is 7.91. The summed E-state index contributed by atoms with van der Waals surface area (Å²) in [6.07, 6.45) is 1.70. The van der Waals surface area contributed by atoms with Crippen molar-refractivity contribution in [2.45, 2.75) is 5.75 Å². The van der Waals surface area contributed by atoms with Crippen LogP contribution in [0.3, 0.4) is 0 Å². The molecule has 1 saturated heterocycles. The summed E-state index contributed by atoms with van der Waals surface area (Å²) >= 11 is 0. The van der Waals surface area contributed by atoms with Crippen molar-refractivity contribution in [2.75, 3.05) is 66.6 Å². The van der Waals surface area contributed by atoms with E-state index in [4.69, 9.17) is 23.7 Å². The number of esters is 1. The maximum atomic E-state index is 13.0. The van der Waals surface area contributed by atoms with Gasteiger partial charge in [0.2, 0.25) is 0 Å². The van der Waals surface area contributed by atoms with Crippen LogP contribution in [0.4, 0.5) is 5.69 Å². The average molecular weight is 581 g/mol. The van der Waals surface area contributed by atoms with Gasteiger partial charge in [-0.2, -0.15) is 0 Å². The molecule has 9 nitrogen and oxygen atoms in total. The van der Waals surface area contributed by atoms with E-state index in [1.807, 2.05) is 12.1 Å². The van der Waals surface area contributed by atoms with Crippen molar-refractivity contribution in [3.05, 3.63) is 76.7 Å². The number of piperazine rings is 1. The minimum absolute atomic E-state index is 0.200. The van der Waals surface area contributed by atoms with Gasteiger partial charge in [-0.3, -0.25) is 4.21 Å². The van der Waals surface area contributed by atoms with Gasteiger partial charge in [-0.25, -0.2) is 4.79 Å². The van der Waals surface area contributed by atoms with Crippen LogP contribution in [-0.2, 0) is 16.6 Å². The predicted molar refractivity (Wildman–Crippen MR) is 161 cm³/mol. The number of likely N-dealkylation sites (N-methyl/N-ethyl adjacent to an activating group) is 1. The molecule has 0 radical (unpaired) electrons. The number of carbonyl (C=O) groups is 1. The molecule has 0 saturated carbocycles. The summed E-state index contributed by atoms with van der Waals surface area (Å²) in [5.41, 5.74) is 2.88. The third kappa shape index (κ3) is 7.59. The molecule has 1 unspecified atom stereocenters. The molecular formula is C31H36N2O7S. The van der Waals surface area contributed by atoms with E-state index in [2.05, 4.69) is 16.8 Å². The predicted octanol–water partition coefficient (Wildman–Crippen LogP) is 4.61. The minimum atomic E-state index is -1.38. The third-order valence-electron chi connectivity index (χ3n) is 6.85. The fourth-order valence-corrected chi connectivity index (χ4v) is 5.37. The smallest absolute Gasteiger partial charge is 0.343 e. The molecule has 0 N–H and O–H groups in total. The van der Waals surface area contributed by atoms with Gasteiger partial charge in [0.15, 0.2) is 11.5 Å². The lowest BCUT2D eigenvalue weighted by molar-refractivity contribution is 0.0729. The van der Waals surface area contributed by atoms with Crippen LogP contribution in [0, 0.1) is 0 Å². The SMILES string of the molecule is COc1cc(OC)c(C=CS(=O)Cc2ccc(OC)c(OC(=O)c3ccc(N4CCN(C)CC4)cc3)c2)c(OC)c1. The summed E-state index contributed by atoms with van der Waals surface area (Å²) in [5, 5.41) is 1.57. The first kappa shape index (κ1) is 30.0. The van der Waals surface area contributed by atoms with Crippen LogP contribution in [0.15, 0.2) is 60.0 Å². The van der Waals surface area contributed by atoms with Crippen molar-refractivity contribution in [3.63, 3.8) is 0 Å². The van der Waals surface area contributed by atoms with E-state index in [1.54, 1.807) is 75.3 Å². The number of benzene rings is 3. The van der Waals surface area contributed by atoms with E-state index in [9.17, 15) is 9.00 Å². The molecule has 3 aromatic rings. The number of rotatable bonds is 11. The highest BCUT2D eigenvalue weighted by atomic mass is 32.2. The number of ether oxygens (including phenoxy) is 5. The number of methoxy groups -OCH3 is 4. The normalized spacial score (nSPS) is 14.5. The van der Waals surface area contributed by atoms with Crippen molar-refractivity contribution >= 4 is 28.5 Å². The molecular weight excluding hydrogens is 544 g/mol. The first-order valence-corrected chi connectivity index (χ1v) is 14.5. The van der Waals surface area contributed by atoms with E-state index in [-0.39, 0.29) is 11.5 Å². The lowest BCUT2D eigenvalue weighted by atomic mass is 10.1. The van der Waals surface area contributed by atoms with Crippen LogP contribution in [0.5, 0.6) is 28.7 Å². The molecule has 1 aliphatic rings. The van der Waals surface area contributed by atoms with Gasteiger partial charge in [-0.05, 0) is 55.1 Å². The van der Waals surface area contributed by atoms with Gasteiger partial charge in [0.1, 0.15) is 17.2 Å². The minimum Gasteiger partial charge on any atom is -0.496 e. The average Bonchev–Trinajstić information content (AvgIpc) is 3.00. The van der Waals surface area contributed by atoms with Crippen LogP contribution in [0.25, 0.3) is 6.08 Å². The Kier molecular flexibility index (Phi) is 10.3. The van der Waals surface area contributed by atoms with E-state index in [1.165, 1.54) is 7.11 Å². The monoisotopic (exact) mass is 580 g/mol. The van der Waals surface area contributed by atoms with Gasteiger partial charge in [0.25, 0.3) is 0 Å². The second-order valence-electron chi connectivity index (χ2n) is 9.49. The van der Waals surface area contributed by atoms with Crippen LogP contribution in [0.1, 0.15) is 21.5 Å². The van der Waals surface area contributed by atoms with Crippen molar-refractivity contribution in [1.82, 2.24) is 4.90 Å². The molecule has 1 atom stereocenters. The lowest BCUT2D eigenvalue weighted by Gasteiger charge is -2.34. The molecule has 41 heavy (non-hydrogen) atoms. The van der Waals surface area contributed by atoms with Crippen molar-refractivity contribution in [3.8, 4) is 28.7 Å². The Balaban J connectivity index is 1.45. The molecule has 218 valence electrons. The Morgan fingerprint density at radius 3 is 2.02 bits per heavy atom. The molecule has 10 heteroatoms. The van der Waals surface area contributed by atoms with Gasteiger partial charge >= 0.3 is 5.97 Å². The number of carbonyl (C=O) groups excluding carboxylic acids is 1. The number of hydrogen-bond acceptors (Lipinski definition) is 9. The maximum Gasteiger partial charge on any atom is 0.343 e. The molecule has 0 amide bonds. The molecule has 0 aliphatic carbocycles. The Hall–Kier alpha value is -4.02. The molecule has 0 bridgehead atoms. The summed E-state index contributed by atoms with van der Waals surface area (Å²) in [5.74, 6) is 2.02. The summed E-state index contributed by atoms with van der Waals surface area (Å²) in [6.45, 7) is 3.90. The highest BCUT2D eigenvalue weighted by molar-refractivity contribution is 7.87.